The summed E-state index contributed by atoms with van der Waals surface area (Å²) < 4.78 is 26.8. The summed E-state index contributed by atoms with van der Waals surface area (Å²) in [6.07, 6.45) is 0.963. The largest absolute Gasteiger partial charge is 0.393 e. The van der Waals surface area contributed by atoms with Crippen LogP contribution in [0, 0.1) is 12.8 Å². The number of aliphatic hydroxyl groups is 1. The van der Waals surface area contributed by atoms with Gasteiger partial charge in [-0.2, -0.15) is 4.31 Å². The Balaban J connectivity index is 2.21. The average Bonchev–Trinajstić information content (AvgIpc) is 2.77. The molecule has 0 aliphatic carbocycles. The summed E-state index contributed by atoms with van der Waals surface area (Å²) in [7, 11) is -3.37. The van der Waals surface area contributed by atoms with Gasteiger partial charge in [0.2, 0.25) is 0 Å². The molecule has 0 radical (unpaired) electrons. The standard InChI is InChI=1S/C12H19NO3S2/c1-3-10-8-13(7-6-11(10)14)18(15,16)12-5-4-9(2)17-12/h4-5,10-11,14H,3,6-8H2,1-2H3. The summed E-state index contributed by atoms with van der Waals surface area (Å²) in [4.78, 5) is 0.998. The van der Waals surface area contributed by atoms with Crippen molar-refractivity contribution in [2.24, 2.45) is 5.92 Å². The van der Waals surface area contributed by atoms with E-state index in [9.17, 15) is 13.5 Å². The number of rotatable bonds is 3. The van der Waals surface area contributed by atoms with Crippen LogP contribution in [0.25, 0.3) is 0 Å². The van der Waals surface area contributed by atoms with Crippen molar-refractivity contribution in [3.8, 4) is 0 Å². The summed E-state index contributed by atoms with van der Waals surface area (Å²) in [6, 6.07) is 3.50. The van der Waals surface area contributed by atoms with E-state index >= 15 is 0 Å². The highest BCUT2D eigenvalue weighted by atomic mass is 32.2. The quantitative estimate of drug-likeness (QED) is 0.923. The molecule has 1 saturated heterocycles. The fourth-order valence-electron chi connectivity index (χ4n) is 2.28. The highest BCUT2D eigenvalue weighted by Gasteiger charge is 2.34. The number of aryl methyl sites for hydroxylation is 1. The summed E-state index contributed by atoms with van der Waals surface area (Å²) in [5.74, 6) is 0.0505. The van der Waals surface area contributed by atoms with Crippen molar-refractivity contribution in [1.82, 2.24) is 4.31 Å². The molecular formula is C12H19NO3S2. The molecule has 1 aliphatic heterocycles. The lowest BCUT2D eigenvalue weighted by Gasteiger charge is -2.34. The molecule has 18 heavy (non-hydrogen) atoms. The second-order valence-electron chi connectivity index (χ2n) is 4.75. The highest BCUT2D eigenvalue weighted by molar-refractivity contribution is 7.91. The van der Waals surface area contributed by atoms with Crippen molar-refractivity contribution >= 4 is 21.4 Å². The summed E-state index contributed by atoms with van der Waals surface area (Å²) in [6.45, 7) is 4.73. The van der Waals surface area contributed by atoms with Crippen LogP contribution < -0.4 is 0 Å². The Hall–Kier alpha value is -0.430. The zero-order chi connectivity index (χ0) is 13.3. The molecule has 2 rings (SSSR count). The van der Waals surface area contributed by atoms with E-state index in [2.05, 4.69) is 0 Å². The normalized spacial score (nSPS) is 26.4. The van der Waals surface area contributed by atoms with Crippen LogP contribution in [-0.4, -0.2) is 37.0 Å². The molecule has 2 atom stereocenters. The number of hydrogen-bond acceptors (Lipinski definition) is 4. The van der Waals surface area contributed by atoms with Crippen molar-refractivity contribution in [1.29, 1.82) is 0 Å². The number of sulfonamides is 1. The van der Waals surface area contributed by atoms with Gasteiger partial charge in [-0.15, -0.1) is 11.3 Å². The van der Waals surface area contributed by atoms with Crippen LogP contribution in [0.3, 0.4) is 0 Å². The van der Waals surface area contributed by atoms with E-state index < -0.39 is 10.0 Å². The summed E-state index contributed by atoms with van der Waals surface area (Å²) >= 11 is 1.31. The molecule has 1 aliphatic rings. The van der Waals surface area contributed by atoms with Crippen LogP contribution in [0.4, 0.5) is 0 Å². The Morgan fingerprint density at radius 1 is 1.50 bits per heavy atom. The van der Waals surface area contributed by atoms with Crippen LogP contribution in [-0.2, 0) is 10.0 Å². The third kappa shape index (κ3) is 2.61. The van der Waals surface area contributed by atoms with Crippen molar-refractivity contribution in [3.63, 3.8) is 0 Å². The first-order chi connectivity index (χ1) is 8.45. The Bertz CT molecular complexity index is 509. The van der Waals surface area contributed by atoms with Crippen LogP contribution in [0.2, 0.25) is 0 Å². The van der Waals surface area contributed by atoms with Gasteiger partial charge in [0.25, 0.3) is 10.0 Å². The van der Waals surface area contributed by atoms with Gasteiger partial charge in [-0.25, -0.2) is 8.42 Å². The predicted octanol–water partition coefficient (Wildman–Crippen LogP) is 1.84. The Morgan fingerprint density at radius 2 is 2.22 bits per heavy atom. The van der Waals surface area contributed by atoms with E-state index in [1.165, 1.54) is 15.6 Å². The molecule has 0 spiro atoms. The molecule has 1 N–H and O–H groups in total. The molecule has 0 bridgehead atoms. The van der Waals surface area contributed by atoms with E-state index in [0.717, 1.165) is 11.3 Å². The van der Waals surface area contributed by atoms with Gasteiger partial charge in [0.05, 0.1) is 6.10 Å². The lowest BCUT2D eigenvalue weighted by molar-refractivity contribution is 0.0521. The second-order valence-corrected chi connectivity index (χ2v) is 8.21. The van der Waals surface area contributed by atoms with E-state index in [4.69, 9.17) is 0 Å². The lowest BCUT2D eigenvalue weighted by atomic mass is 9.94. The van der Waals surface area contributed by atoms with Gasteiger partial charge in [0, 0.05) is 18.0 Å². The number of hydrogen-bond donors (Lipinski definition) is 1. The van der Waals surface area contributed by atoms with Crippen LogP contribution in [0.1, 0.15) is 24.6 Å². The van der Waals surface area contributed by atoms with Crippen LogP contribution >= 0.6 is 11.3 Å². The molecule has 1 aromatic rings. The minimum Gasteiger partial charge on any atom is -0.393 e. The number of nitrogens with zero attached hydrogens (tertiary/aromatic N) is 1. The first kappa shape index (κ1) is 14.0. The fraction of sp³-hybridized carbons (Fsp3) is 0.667. The Morgan fingerprint density at radius 3 is 2.78 bits per heavy atom. The maximum atomic E-state index is 12.4. The van der Waals surface area contributed by atoms with Gasteiger partial charge in [-0.1, -0.05) is 6.92 Å². The summed E-state index contributed by atoms with van der Waals surface area (Å²) in [5.41, 5.74) is 0. The van der Waals surface area contributed by atoms with E-state index in [0.29, 0.717) is 23.7 Å². The van der Waals surface area contributed by atoms with Gasteiger partial charge < -0.3 is 5.11 Å². The molecule has 0 amide bonds. The lowest BCUT2D eigenvalue weighted by Crippen LogP contribution is -2.45. The van der Waals surface area contributed by atoms with Crippen LogP contribution in [0.5, 0.6) is 0 Å². The maximum Gasteiger partial charge on any atom is 0.252 e. The molecule has 2 heterocycles. The van der Waals surface area contributed by atoms with Crippen molar-refractivity contribution < 1.29 is 13.5 Å². The van der Waals surface area contributed by atoms with Gasteiger partial charge in [0.15, 0.2) is 0 Å². The molecule has 6 heteroatoms. The number of thiophene rings is 1. The second kappa shape index (κ2) is 5.28. The van der Waals surface area contributed by atoms with E-state index in [1.807, 2.05) is 19.9 Å². The molecule has 0 saturated carbocycles. The smallest absolute Gasteiger partial charge is 0.252 e. The Labute approximate surface area is 112 Å². The number of aliphatic hydroxyl groups excluding tert-OH is 1. The fourth-order valence-corrected chi connectivity index (χ4v) is 5.23. The van der Waals surface area contributed by atoms with Gasteiger partial charge in [-0.3, -0.25) is 0 Å². The van der Waals surface area contributed by atoms with Crippen molar-refractivity contribution in [2.45, 2.75) is 37.0 Å². The van der Waals surface area contributed by atoms with E-state index in [-0.39, 0.29) is 12.0 Å². The zero-order valence-corrected chi connectivity index (χ0v) is 12.3. The summed E-state index contributed by atoms with van der Waals surface area (Å²) in [5, 5.41) is 9.81. The monoisotopic (exact) mass is 289 g/mol. The highest BCUT2D eigenvalue weighted by Crippen LogP contribution is 2.29. The van der Waals surface area contributed by atoms with Crippen molar-refractivity contribution in [3.05, 3.63) is 17.0 Å². The van der Waals surface area contributed by atoms with Gasteiger partial charge in [0.1, 0.15) is 4.21 Å². The SMILES string of the molecule is CCC1CN(S(=O)(=O)c2ccc(C)s2)CCC1O. The minimum absolute atomic E-state index is 0.0505. The molecule has 0 aromatic carbocycles. The molecule has 102 valence electrons. The molecule has 4 nitrogen and oxygen atoms in total. The third-order valence-corrected chi connectivity index (χ3v) is 6.82. The average molecular weight is 289 g/mol. The Kier molecular flexibility index (Phi) is 4.11. The van der Waals surface area contributed by atoms with E-state index in [1.54, 1.807) is 6.07 Å². The maximum absolute atomic E-state index is 12.4. The van der Waals surface area contributed by atoms with Crippen molar-refractivity contribution in [2.75, 3.05) is 13.1 Å². The van der Waals surface area contributed by atoms with Crippen LogP contribution in [0.15, 0.2) is 16.3 Å². The van der Waals surface area contributed by atoms with Gasteiger partial charge in [-0.05, 0) is 37.8 Å². The molecule has 1 aromatic heterocycles. The zero-order valence-electron chi connectivity index (χ0n) is 10.7. The van der Waals surface area contributed by atoms with Gasteiger partial charge >= 0.3 is 0 Å². The number of piperidine rings is 1. The molecule has 1 fully saturated rings. The molecular weight excluding hydrogens is 270 g/mol. The third-order valence-electron chi connectivity index (χ3n) is 3.49. The molecule has 2 unspecified atom stereocenters. The first-order valence-corrected chi connectivity index (χ1v) is 8.45. The predicted molar refractivity (Wildman–Crippen MR) is 72.2 cm³/mol. The minimum atomic E-state index is -3.37. The first-order valence-electron chi connectivity index (χ1n) is 6.19. The topological polar surface area (TPSA) is 57.6 Å².